The van der Waals surface area contributed by atoms with E-state index in [0.717, 1.165) is 12.8 Å². The normalized spacial score (nSPS) is 15.0. The van der Waals surface area contributed by atoms with Gasteiger partial charge >= 0.3 is 0 Å². The van der Waals surface area contributed by atoms with Crippen molar-refractivity contribution in [2.45, 2.75) is 25.5 Å². The first-order valence-electron chi connectivity index (χ1n) is 4.84. The molecule has 2 N–H and O–H groups in total. The van der Waals surface area contributed by atoms with Crippen molar-refractivity contribution in [2.24, 2.45) is 5.73 Å². The SMILES string of the molecule is NCc1ccc(OC2CC2)cc1[N+](=O)[O-]. The topological polar surface area (TPSA) is 78.4 Å². The van der Waals surface area contributed by atoms with E-state index < -0.39 is 4.92 Å². The first kappa shape index (κ1) is 9.92. The van der Waals surface area contributed by atoms with Gasteiger partial charge in [-0.2, -0.15) is 0 Å². The van der Waals surface area contributed by atoms with Crippen molar-refractivity contribution >= 4 is 5.69 Å². The van der Waals surface area contributed by atoms with E-state index in [9.17, 15) is 10.1 Å². The van der Waals surface area contributed by atoms with Crippen molar-refractivity contribution in [3.05, 3.63) is 33.9 Å². The third kappa shape index (κ3) is 2.24. The van der Waals surface area contributed by atoms with Crippen LogP contribution in [0.2, 0.25) is 0 Å². The van der Waals surface area contributed by atoms with Crippen LogP contribution in [0.4, 0.5) is 5.69 Å². The van der Waals surface area contributed by atoms with E-state index in [1.54, 1.807) is 12.1 Å². The second kappa shape index (κ2) is 3.86. The van der Waals surface area contributed by atoms with Gasteiger partial charge in [-0.15, -0.1) is 0 Å². The minimum absolute atomic E-state index is 0.0376. The van der Waals surface area contributed by atoms with Crippen LogP contribution in [0.25, 0.3) is 0 Å². The molecule has 80 valence electrons. The molecular formula is C10H12N2O3. The number of rotatable bonds is 4. The van der Waals surface area contributed by atoms with E-state index in [-0.39, 0.29) is 18.3 Å². The Morgan fingerprint density at radius 2 is 2.27 bits per heavy atom. The summed E-state index contributed by atoms with van der Waals surface area (Å²) in [4.78, 5) is 10.3. The molecule has 0 radical (unpaired) electrons. The summed E-state index contributed by atoms with van der Waals surface area (Å²) in [5.74, 6) is 0.557. The fraction of sp³-hybridized carbons (Fsp3) is 0.400. The second-order valence-corrected chi connectivity index (χ2v) is 3.57. The average Bonchev–Trinajstić information content (AvgIpc) is 3.01. The van der Waals surface area contributed by atoms with E-state index in [0.29, 0.717) is 11.3 Å². The molecule has 0 spiro atoms. The lowest BCUT2D eigenvalue weighted by molar-refractivity contribution is -0.385. The molecule has 0 heterocycles. The molecule has 0 aromatic heterocycles. The van der Waals surface area contributed by atoms with E-state index in [1.807, 2.05) is 0 Å². The Labute approximate surface area is 87.0 Å². The molecule has 2 rings (SSSR count). The van der Waals surface area contributed by atoms with Crippen LogP contribution in [-0.2, 0) is 6.54 Å². The van der Waals surface area contributed by atoms with Gasteiger partial charge in [-0.25, -0.2) is 0 Å². The number of nitro groups is 1. The van der Waals surface area contributed by atoms with Crippen LogP contribution in [0.3, 0.4) is 0 Å². The van der Waals surface area contributed by atoms with Crippen LogP contribution >= 0.6 is 0 Å². The minimum Gasteiger partial charge on any atom is -0.490 e. The predicted octanol–water partition coefficient (Wildman–Crippen LogP) is 1.59. The standard InChI is InChI=1S/C10H12N2O3/c11-6-7-1-2-9(15-8-3-4-8)5-10(7)12(13)14/h1-2,5,8H,3-4,6,11H2. The predicted molar refractivity (Wildman–Crippen MR) is 54.6 cm³/mol. The highest BCUT2D eigenvalue weighted by Crippen LogP contribution is 2.30. The monoisotopic (exact) mass is 208 g/mol. The van der Waals surface area contributed by atoms with Crippen LogP contribution < -0.4 is 10.5 Å². The van der Waals surface area contributed by atoms with Gasteiger partial charge in [0, 0.05) is 12.1 Å². The van der Waals surface area contributed by atoms with Gasteiger partial charge in [-0.05, 0) is 25.0 Å². The lowest BCUT2D eigenvalue weighted by Crippen LogP contribution is -2.03. The summed E-state index contributed by atoms with van der Waals surface area (Å²) in [6.07, 6.45) is 2.31. The first-order chi connectivity index (χ1) is 7.20. The molecule has 1 fully saturated rings. The lowest BCUT2D eigenvalue weighted by atomic mass is 10.2. The Balaban J connectivity index is 2.26. The lowest BCUT2D eigenvalue weighted by Gasteiger charge is -2.05. The summed E-state index contributed by atoms with van der Waals surface area (Å²) < 4.78 is 5.47. The smallest absolute Gasteiger partial charge is 0.277 e. The van der Waals surface area contributed by atoms with Gasteiger partial charge in [-0.1, -0.05) is 0 Å². The summed E-state index contributed by atoms with van der Waals surface area (Å²) >= 11 is 0. The molecule has 1 aliphatic rings. The third-order valence-electron chi connectivity index (χ3n) is 2.30. The second-order valence-electron chi connectivity index (χ2n) is 3.57. The van der Waals surface area contributed by atoms with Gasteiger partial charge in [0.25, 0.3) is 5.69 Å². The van der Waals surface area contributed by atoms with E-state index >= 15 is 0 Å². The zero-order valence-corrected chi connectivity index (χ0v) is 8.18. The van der Waals surface area contributed by atoms with Crippen LogP contribution in [0.5, 0.6) is 5.75 Å². The van der Waals surface area contributed by atoms with Gasteiger partial charge in [0.1, 0.15) is 5.75 Å². The Morgan fingerprint density at radius 3 is 2.80 bits per heavy atom. The highest BCUT2D eigenvalue weighted by molar-refractivity contribution is 5.46. The average molecular weight is 208 g/mol. The van der Waals surface area contributed by atoms with Crippen LogP contribution in [0.1, 0.15) is 18.4 Å². The van der Waals surface area contributed by atoms with E-state index in [4.69, 9.17) is 10.5 Å². The molecule has 1 aliphatic carbocycles. The first-order valence-corrected chi connectivity index (χ1v) is 4.84. The molecule has 1 saturated carbocycles. The molecule has 1 aromatic carbocycles. The molecule has 0 atom stereocenters. The maximum atomic E-state index is 10.7. The number of nitrogens with two attached hydrogens (primary N) is 1. The Kier molecular flexibility index (Phi) is 2.55. The largest absolute Gasteiger partial charge is 0.490 e. The maximum absolute atomic E-state index is 10.7. The molecule has 0 bridgehead atoms. The van der Waals surface area contributed by atoms with Gasteiger partial charge in [0.2, 0.25) is 0 Å². The molecule has 0 unspecified atom stereocenters. The van der Waals surface area contributed by atoms with Crippen molar-refractivity contribution in [3.8, 4) is 5.75 Å². The minimum atomic E-state index is -0.429. The quantitative estimate of drug-likeness (QED) is 0.602. The highest BCUT2D eigenvalue weighted by atomic mass is 16.6. The fourth-order valence-electron chi connectivity index (χ4n) is 1.34. The molecule has 0 saturated heterocycles. The van der Waals surface area contributed by atoms with Crippen LogP contribution in [0, 0.1) is 10.1 Å². The molecule has 0 aliphatic heterocycles. The van der Waals surface area contributed by atoms with Crippen molar-refractivity contribution in [3.63, 3.8) is 0 Å². The maximum Gasteiger partial charge on any atom is 0.277 e. The summed E-state index contributed by atoms with van der Waals surface area (Å²) in [6, 6.07) is 4.82. The molecule has 0 amide bonds. The van der Waals surface area contributed by atoms with Crippen molar-refractivity contribution in [1.29, 1.82) is 0 Å². The van der Waals surface area contributed by atoms with Gasteiger partial charge in [-0.3, -0.25) is 10.1 Å². The molecular weight excluding hydrogens is 196 g/mol. The summed E-state index contributed by atoms with van der Waals surface area (Å²) in [5, 5.41) is 10.7. The Morgan fingerprint density at radius 1 is 1.53 bits per heavy atom. The summed E-state index contributed by atoms with van der Waals surface area (Å²) in [7, 11) is 0. The molecule has 5 nitrogen and oxygen atoms in total. The van der Waals surface area contributed by atoms with Gasteiger partial charge in [0.15, 0.2) is 0 Å². The van der Waals surface area contributed by atoms with Crippen LogP contribution in [-0.4, -0.2) is 11.0 Å². The zero-order valence-electron chi connectivity index (χ0n) is 8.18. The zero-order chi connectivity index (χ0) is 10.8. The molecule has 1 aromatic rings. The molecule has 15 heavy (non-hydrogen) atoms. The van der Waals surface area contributed by atoms with Crippen LogP contribution in [0.15, 0.2) is 18.2 Å². The van der Waals surface area contributed by atoms with Gasteiger partial charge < -0.3 is 10.5 Å². The number of hydrogen-bond donors (Lipinski definition) is 1. The highest BCUT2D eigenvalue weighted by Gasteiger charge is 2.24. The third-order valence-corrected chi connectivity index (χ3v) is 2.30. The summed E-state index contributed by atoms with van der Waals surface area (Å²) in [5.41, 5.74) is 5.98. The van der Waals surface area contributed by atoms with Gasteiger partial charge in [0.05, 0.1) is 17.1 Å². The fourth-order valence-corrected chi connectivity index (χ4v) is 1.34. The van der Waals surface area contributed by atoms with Crippen molar-refractivity contribution in [2.75, 3.05) is 0 Å². The number of benzene rings is 1. The Hall–Kier alpha value is -1.62. The summed E-state index contributed by atoms with van der Waals surface area (Å²) in [6.45, 7) is 0.167. The molecule has 5 heteroatoms. The van der Waals surface area contributed by atoms with E-state index in [1.165, 1.54) is 6.07 Å². The van der Waals surface area contributed by atoms with Crippen molar-refractivity contribution in [1.82, 2.24) is 0 Å². The number of ether oxygens (including phenoxy) is 1. The Bertz CT molecular complexity index is 388. The number of nitrogens with zero attached hydrogens (tertiary/aromatic N) is 1. The van der Waals surface area contributed by atoms with E-state index in [2.05, 4.69) is 0 Å². The number of nitro benzene ring substituents is 1. The number of hydrogen-bond acceptors (Lipinski definition) is 4. The van der Waals surface area contributed by atoms with Crippen molar-refractivity contribution < 1.29 is 9.66 Å².